The second-order valence-electron chi connectivity index (χ2n) is 5.96. The smallest absolute Gasteiger partial charge is 0.0703 e. The van der Waals surface area contributed by atoms with Gasteiger partial charge in [0, 0.05) is 29.5 Å². The van der Waals surface area contributed by atoms with Crippen molar-refractivity contribution in [1.82, 2.24) is 9.97 Å². The number of H-pyrrole nitrogens is 1. The highest BCUT2D eigenvalue weighted by molar-refractivity contribution is 5.85. The summed E-state index contributed by atoms with van der Waals surface area (Å²) in [6.45, 7) is 2.23. The molecule has 0 bridgehead atoms. The molecule has 1 unspecified atom stereocenters. The molecule has 0 amide bonds. The molecule has 2 heterocycles. The van der Waals surface area contributed by atoms with E-state index in [2.05, 4.69) is 77.5 Å². The number of hydrogen-bond donors (Lipinski definition) is 1. The summed E-state index contributed by atoms with van der Waals surface area (Å²) >= 11 is 0. The number of pyridine rings is 1. The minimum absolute atomic E-state index is 0.258. The van der Waals surface area contributed by atoms with Crippen LogP contribution in [0, 0.1) is 0 Å². The number of aromatic amines is 1. The summed E-state index contributed by atoms with van der Waals surface area (Å²) in [6, 6.07) is 19.1. The van der Waals surface area contributed by atoms with Crippen molar-refractivity contribution in [1.29, 1.82) is 0 Å². The number of rotatable bonds is 3. The van der Waals surface area contributed by atoms with Gasteiger partial charge in [-0.2, -0.15) is 0 Å². The maximum atomic E-state index is 4.58. The highest BCUT2D eigenvalue weighted by atomic mass is 15.1. The summed E-state index contributed by atoms with van der Waals surface area (Å²) in [5.74, 6) is 0. The van der Waals surface area contributed by atoms with Crippen LogP contribution in [0.1, 0.15) is 18.5 Å². The van der Waals surface area contributed by atoms with Crippen molar-refractivity contribution in [2.24, 2.45) is 0 Å². The largest absolute Gasteiger partial charge is 0.366 e. The van der Waals surface area contributed by atoms with Gasteiger partial charge in [-0.05, 0) is 30.7 Å². The Bertz CT molecular complexity index is 971. The molecule has 114 valence electrons. The molecule has 1 atom stereocenters. The summed E-state index contributed by atoms with van der Waals surface area (Å²) < 4.78 is 0. The van der Waals surface area contributed by atoms with Gasteiger partial charge < -0.3 is 9.88 Å². The van der Waals surface area contributed by atoms with Crippen molar-refractivity contribution in [3.05, 3.63) is 72.6 Å². The fraction of sp³-hybridized carbons (Fsp3) is 0.150. The van der Waals surface area contributed by atoms with Crippen LogP contribution in [0.5, 0.6) is 0 Å². The number of nitrogens with one attached hydrogen (secondary N) is 1. The number of anilines is 1. The Hall–Kier alpha value is -2.81. The lowest BCUT2D eigenvalue weighted by Crippen LogP contribution is -2.21. The lowest BCUT2D eigenvalue weighted by Gasteiger charge is -2.27. The summed E-state index contributed by atoms with van der Waals surface area (Å²) in [5, 5.41) is 2.45. The second-order valence-corrected chi connectivity index (χ2v) is 5.96. The predicted octanol–water partition coefficient (Wildman–Crippen LogP) is 4.91. The second kappa shape index (κ2) is 5.43. The Labute approximate surface area is 135 Å². The quantitative estimate of drug-likeness (QED) is 0.583. The molecular weight excluding hydrogens is 282 g/mol. The van der Waals surface area contributed by atoms with Gasteiger partial charge in [-0.25, -0.2) is 0 Å². The van der Waals surface area contributed by atoms with Crippen LogP contribution >= 0.6 is 0 Å². The fourth-order valence-corrected chi connectivity index (χ4v) is 3.12. The molecule has 0 saturated heterocycles. The molecule has 4 rings (SSSR count). The van der Waals surface area contributed by atoms with E-state index in [9.17, 15) is 0 Å². The van der Waals surface area contributed by atoms with Gasteiger partial charge in [-0.3, -0.25) is 4.98 Å². The van der Waals surface area contributed by atoms with Crippen LogP contribution in [0.2, 0.25) is 0 Å². The Morgan fingerprint density at radius 1 is 1.04 bits per heavy atom. The summed E-state index contributed by atoms with van der Waals surface area (Å²) in [7, 11) is 2.12. The number of aromatic nitrogens is 2. The fourth-order valence-electron chi connectivity index (χ4n) is 3.12. The zero-order chi connectivity index (χ0) is 15.8. The monoisotopic (exact) mass is 301 g/mol. The third-order valence-electron chi connectivity index (χ3n) is 4.64. The molecule has 0 spiro atoms. The van der Waals surface area contributed by atoms with Crippen LogP contribution in [0.25, 0.3) is 21.8 Å². The normalized spacial score (nSPS) is 12.6. The van der Waals surface area contributed by atoms with Crippen molar-refractivity contribution in [2.75, 3.05) is 11.9 Å². The molecule has 0 saturated carbocycles. The van der Waals surface area contributed by atoms with E-state index in [0.29, 0.717) is 0 Å². The van der Waals surface area contributed by atoms with Crippen LogP contribution < -0.4 is 4.90 Å². The number of para-hydroxylation sites is 2. The maximum Gasteiger partial charge on any atom is 0.0703 e. The van der Waals surface area contributed by atoms with Gasteiger partial charge in [-0.15, -0.1) is 0 Å². The van der Waals surface area contributed by atoms with Gasteiger partial charge in [0.15, 0.2) is 0 Å². The molecule has 0 radical (unpaired) electrons. The number of nitrogens with zero attached hydrogens (tertiary/aromatic N) is 2. The van der Waals surface area contributed by atoms with Crippen LogP contribution in [-0.2, 0) is 0 Å². The van der Waals surface area contributed by atoms with Crippen LogP contribution in [0.4, 0.5) is 5.69 Å². The van der Waals surface area contributed by atoms with Crippen molar-refractivity contribution < 1.29 is 0 Å². The molecule has 3 heteroatoms. The molecular formula is C20H19N3. The lowest BCUT2D eigenvalue weighted by molar-refractivity contribution is 0.744. The topological polar surface area (TPSA) is 31.9 Å². The van der Waals surface area contributed by atoms with Crippen molar-refractivity contribution in [3.8, 4) is 0 Å². The third-order valence-corrected chi connectivity index (χ3v) is 4.64. The number of benzene rings is 2. The molecule has 1 N–H and O–H groups in total. The first-order valence-electron chi connectivity index (χ1n) is 7.87. The van der Waals surface area contributed by atoms with Crippen molar-refractivity contribution in [2.45, 2.75) is 13.0 Å². The average molecular weight is 301 g/mol. The Balaban J connectivity index is 1.73. The standard InChI is InChI=1S/C20H19N3/c1-14(18-13-22-20-10-6-4-8-17(18)20)23(2)16-11-15-7-3-5-9-19(15)21-12-16/h3-14,22H,1-2H3. The predicted molar refractivity (Wildman–Crippen MR) is 96.9 cm³/mol. The molecule has 0 aliphatic carbocycles. The Morgan fingerprint density at radius 3 is 2.74 bits per heavy atom. The van der Waals surface area contributed by atoms with E-state index in [4.69, 9.17) is 0 Å². The average Bonchev–Trinajstić information content (AvgIpc) is 3.04. The van der Waals surface area contributed by atoms with Crippen LogP contribution in [0.15, 0.2) is 67.0 Å². The summed E-state index contributed by atoms with van der Waals surface area (Å²) in [4.78, 5) is 10.2. The molecule has 23 heavy (non-hydrogen) atoms. The maximum absolute atomic E-state index is 4.58. The lowest BCUT2D eigenvalue weighted by atomic mass is 10.1. The van der Waals surface area contributed by atoms with E-state index < -0.39 is 0 Å². The molecule has 0 aliphatic heterocycles. The number of fused-ring (bicyclic) bond motifs is 2. The van der Waals surface area contributed by atoms with Gasteiger partial charge >= 0.3 is 0 Å². The molecule has 2 aromatic heterocycles. The summed E-state index contributed by atoms with van der Waals surface area (Å²) in [6.07, 6.45) is 4.06. The van der Waals surface area contributed by atoms with E-state index in [1.54, 1.807) is 0 Å². The van der Waals surface area contributed by atoms with Gasteiger partial charge in [-0.1, -0.05) is 36.4 Å². The van der Waals surface area contributed by atoms with E-state index in [1.807, 2.05) is 18.3 Å². The molecule has 4 aromatic rings. The van der Waals surface area contributed by atoms with E-state index in [0.717, 1.165) is 11.2 Å². The van der Waals surface area contributed by atoms with Crippen molar-refractivity contribution in [3.63, 3.8) is 0 Å². The molecule has 0 aliphatic rings. The van der Waals surface area contributed by atoms with Gasteiger partial charge in [0.1, 0.15) is 0 Å². The van der Waals surface area contributed by atoms with E-state index >= 15 is 0 Å². The van der Waals surface area contributed by atoms with E-state index in [-0.39, 0.29) is 6.04 Å². The van der Waals surface area contributed by atoms with Gasteiger partial charge in [0.05, 0.1) is 23.4 Å². The van der Waals surface area contributed by atoms with Crippen LogP contribution in [0.3, 0.4) is 0 Å². The first-order valence-corrected chi connectivity index (χ1v) is 7.87. The number of hydrogen-bond acceptors (Lipinski definition) is 2. The first-order chi connectivity index (χ1) is 11.2. The molecule has 0 fully saturated rings. The van der Waals surface area contributed by atoms with Crippen molar-refractivity contribution >= 4 is 27.5 Å². The minimum atomic E-state index is 0.258. The Kier molecular flexibility index (Phi) is 3.27. The first kappa shape index (κ1) is 13.8. The molecule has 2 aromatic carbocycles. The molecule has 3 nitrogen and oxygen atoms in total. The SMILES string of the molecule is CC(c1c[nH]c2ccccc12)N(C)c1cnc2ccccc2c1. The zero-order valence-corrected chi connectivity index (χ0v) is 13.3. The van der Waals surface area contributed by atoms with E-state index in [1.165, 1.54) is 21.9 Å². The highest BCUT2D eigenvalue weighted by Crippen LogP contribution is 2.31. The highest BCUT2D eigenvalue weighted by Gasteiger charge is 2.16. The van der Waals surface area contributed by atoms with Gasteiger partial charge in [0.25, 0.3) is 0 Å². The Morgan fingerprint density at radius 2 is 1.83 bits per heavy atom. The zero-order valence-electron chi connectivity index (χ0n) is 13.3. The minimum Gasteiger partial charge on any atom is -0.366 e. The third kappa shape index (κ3) is 2.34. The van der Waals surface area contributed by atoms with Gasteiger partial charge in [0.2, 0.25) is 0 Å². The summed E-state index contributed by atoms with van der Waals surface area (Å²) in [5.41, 5.74) is 4.64. The van der Waals surface area contributed by atoms with Crippen LogP contribution in [-0.4, -0.2) is 17.0 Å².